The van der Waals surface area contributed by atoms with Crippen molar-refractivity contribution in [1.29, 1.82) is 0 Å². The zero-order valence-electron chi connectivity index (χ0n) is 8.15. The summed E-state index contributed by atoms with van der Waals surface area (Å²) in [5.41, 5.74) is 0.798. The molecule has 0 spiro atoms. The molecule has 2 rings (SSSR count). The second kappa shape index (κ2) is 3.95. The quantitative estimate of drug-likeness (QED) is 0.842. The fraction of sp³-hybridized carbons (Fsp3) is 0. The molecule has 1 aromatic carbocycles. The first-order valence-electron chi connectivity index (χ1n) is 4.37. The number of hydrogen-bond acceptors (Lipinski definition) is 4. The molecule has 0 radical (unpaired) electrons. The summed E-state index contributed by atoms with van der Waals surface area (Å²) in [5.74, 6) is 0.0753. The van der Waals surface area contributed by atoms with Crippen LogP contribution in [0, 0.1) is 0 Å². The molecule has 16 heavy (non-hydrogen) atoms. The van der Waals surface area contributed by atoms with Crippen molar-refractivity contribution in [3.05, 3.63) is 42.7 Å². The third-order valence-electron chi connectivity index (χ3n) is 1.79. The van der Waals surface area contributed by atoms with Crippen LogP contribution in [0.5, 0.6) is 5.75 Å². The molecule has 0 saturated heterocycles. The molecular weight excluding hydrogens is 230 g/mol. The largest absolute Gasteiger partial charge is 0.380 e. The first-order chi connectivity index (χ1) is 7.54. The van der Waals surface area contributed by atoms with Crippen LogP contribution in [-0.4, -0.2) is 18.2 Å². The topological polar surface area (TPSA) is 87.2 Å². The minimum Gasteiger partial charge on any atom is -0.368 e. The number of nitrogens with zero attached hydrogens (tertiary/aromatic N) is 2. The lowest BCUT2D eigenvalue weighted by Gasteiger charge is -1.99. The Bertz CT molecular complexity index is 577. The van der Waals surface area contributed by atoms with Crippen LogP contribution in [0.4, 0.5) is 0 Å². The van der Waals surface area contributed by atoms with Crippen LogP contribution in [0.3, 0.4) is 0 Å². The fourth-order valence-electron chi connectivity index (χ4n) is 1.21. The monoisotopic (exact) mass is 239 g/mol. The molecule has 0 aliphatic rings. The Balaban J connectivity index is 2.27. The zero-order chi connectivity index (χ0) is 11.6. The van der Waals surface area contributed by atoms with Crippen molar-refractivity contribution in [2.45, 2.75) is 0 Å². The zero-order valence-corrected chi connectivity index (χ0v) is 8.96. The summed E-state index contributed by atoms with van der Waals surface area (Å²) in [4.78, 5) is 0. The molecule has 2 N–H and O–H groups in total. The molecule has 6 nitrogen and oxygen atoms in total. The van der Waals surface area contributed by atoms with Crippen molar-refractivity contribution >= 4 is 10.3 Å². The van der Waals surface area contributed by atoms with Gasteiger partial charge in [0, 0.05) is 0 Å². The molecule has 0 bridgehead atoms. The van der Waals surface area contributed by atoms with E-state index in [0.717, 1.165) is 5.69 Å². The van der Waals surface area contributed by atoms with Crippen LogP contribution in [0.1, 0.15) is 0 Å². The van der Waals surface area contributed by atoms with E-state index in [-0.39, 0.29) is 5.75 Å². The van der Waals surface area contributed by atoms with E-state index < -0.39 is 10.3 Å². The molecule has 0 saturated carbocycles. The fourth-order valence-corrected chi connectivity index (χ4v) is 1.56. The van der Waals surface area contributed by atoms with Gasteiger partial charge < -0.3 is 4.18 Å². The van der Waals surface area contributed by atoms with Gasteiger partial charge in [-0.05, 0) is 12.1 Å². The Labute approximate surface area is 92.5 Å². The lowest BCUT2D eigenvalue weighted by molar-refractivity contribution is 0.487. The standard InChI is InChI=1S/C9H9N3O3S/c10-16(13,14)15-9-6-11-12(7-9)8-4-2-1-3-5-8/h1-7H,(H2,10,13,14). The molecule has 0 aliphatic carbocycles. The van der Waals surface area contributed by atoms with Gasteiger partial charge in [-0.3, -0.25) is 0 Å². The van der Waals surface area contributed by atoms with Crippen molar-refractivity contribution in [2.75, 3.05) is 0 Å². The van der Waals surface area contributed by atoms with Gasteiger partial charge in [-0.2, -0.15) is 18.7 Å². The normalized spacial score (nSPS) is 11.3. The summed E-state index contributed by atoms with van der Waals surface area (Å²) in [6.07, 6.45) is 2.71. The van der Waals surface area contributed by atoms with Gasteiger partial charge in [0.25, 0.3) is 0 Å². The molecule has 0 unspecified atom stereocenters. The van der Waals surface area contributed by atoms with Gasteiger partial charge in [-0.15, -0.1) is 0 Å². The van der Waals surface area contributed by atoms with E-state index in [1.54, 1.807) is 0 Å². The highest BCUT2D eigenvalue weighted by Crippen LogP contribution is 2.13. The maximum atomic E-state index is 10.7. The molecule has 1 aromatic heterocycles. The summed E-state index contributed by atoms with van der Waals surface area (Å²) in [5, 5.41) is 8.67. The number of benzene rings is 1. The van der Waals surface area contributed by atoms with Crippen LogP contribution in [-0.2, 0) is 10.3 Å². The highest BCUT2D eigenvalue weighted by molar-refractivity contribution is 7.84. The third-order valence-corrected chi connectivity index (χ3v) is 2.22. The Kier molecular flexibility index (Phi) is 2.63. The maximum Gasteiger partial charge on any atom is 0.380 e. The van der Waals surface area contributed by atoms with E-state index in [1.807, 2.05) is 30.3 Å². The van der Waals surface area contributed by atoms with Gasteiger partial charge in [0.05, 0.1) is 18.1 Å². The lowest BCUT2D eigenvalue weighted by Crippen LogP contribution is -2.18. The third kappa shape index (κ3) is 2.59. The molecule has 0 fully saturated rings. The van der Waals surface area contributed by atoms with E-state index >= 15 is 0 Å². The number of aromatic nitrogens is 2. The van der Waals surface area contributed by atoms with Crippen molar-refractivity contribution in [3.8, 4) is 11.4 Å². The van der Waals surface area contributed by atoms with Crippen LogP contribution in [0.15, 0.2) is 42.7 Å². The van der Waals surface area contributed by atoms with Gasteiger partial charge in [-0.1, -0.05) is 18.2 Å². The molecular formula is C9H9N3O3S. The first-order valence-corrected chi connectivity index (χ1v) is 5.84. The van der Waals surface area contributed by atoms with E-state index in [2.05, 4.69) is 9.28 Å². The Morgan fingerprint density at radius 3 is 2.56 bits per heavy atom. The van der Waals surface area contributed by atoms with Crippen molar-refractivity contribution < 1.29 is 12.6 Å². The predicted molar refractivity (Wildman–Crippen MR) is 57.3 cm³/mol. The van der Waals surface area contributed by atoms with Crippen LogP contribution in [0.2, 0.25) is 0 Å². The van der Waals surface area contributed by atoms with Crippen molar-refractivity contribution in [3.63, 3.8) is 0 Å². The van der Waals surface area contributed by atoms with Gasteiger partial charge in [0.2, 0.25) is 0 Å². The highest BCUT2D eigenvalue weighted by Gasteiger charge is 2.07. The molecule has 2 aromatic rings. The first kappa shape index (κ1) is 10.7. The summed E-state index contributed by atoms with van der Waals surface area (Å²) in [7, 11) is -4.00. The molecule has 1 heterocycles. The average Bonchev–Trinajstić information content (AvgIpc) is 2.65. The minimum atomic E-state index is -4.00. The molecule has 0 aliphatic heterocycles. The number of nitrogens with two attached hydrogens (primary N) is 1. The van der Waals surface area contributed by atoms with Gasteiger partial charge in [0.1, 0.15) is 0 Å². The van der Waals surface area contributed by atoms with E-state index in [1.165, 1.54) is 17.1 Å². The maximum absolute atomic E-state index is 10.7. The summed E-state index contributed by atoms with van der Waals surface area (Å²) in [6, 6.07) is 9.21. The second-order valence-electron chi connectivity index (χ2n) is 3.03. The number of rotatable bonds is 3. The number of hydrogen-bond donors (Lipinski definition) is 1. The van der Waals surface area contributed by atoms with Gasteiger partial charge in [0.15, 0.2) is 5.75 Å². The lowest BCUT2D eigenvalue weighted by atomic mass is 10.3. The second-order valence-corrected chi connectivity index (χ2v) is 4.18. The Morgan fingerprint density at radius 1 is 1.25 bits per heavy atom. The Morgan fingerprint density at radius 2 is 1.94 bits per heavy atom. The van der Waals surface area contributed by atoms with Crippen LogP contribution < -0.4 is 9.32 Å². The minimum absolute atomic E-state index is 0.0753. The van der Waals surface area contributed by atoms with E-state index in [9.17, 15) is 8.42 Å². The summed E-state index contributed by atoms with van der Waals surface area (Å²) in [6.45, 7) is 0. The molecule has 7 heteroatoms. The summed E-state index contributed by atoms with van der Waals surface area (Å²) < 4.78 is 27.3. The van der Waals surface area contributed by atoms with E-state index in [4.69, 9.17) is 5.14 Å². The smallest absolute Gasteiger partial charge is 0.368 e. The van der Waals surface area contributed by atoms with Crippen LogP contribution >= 0.6 is 0 Å². The van der Waals surface area contributed by atoms with Gasteiger partial charge in [-0.25, -0.2) is 4.68 Å². The van der Waals surface area contributed by atoms with Gasteiger partial charge >= 0.3 is 10.3 Å². The van der Waals surface area contributed by atoms with Crippen LogP contribution in [0.25, 0.3) is 5.69 Å². The number of para-hydroxylation sites is 1. The SMILES string of the molecule is NS(=O)(=O)Oc1cnn(-c2ccccc2)c1. The predicted octanol–water partition coefficient (Wildman–Crippen LogP) is 0.455. The van der Waals surface area contributed by atoms with Crippen molar-refractivity contribution in [1.82, 2.24) is 9.78 Å². The van der Waals surface area contributed by atoms with E-state index in [0.29, 0.717) is 0 Å². The highest BCUT2D eigenvalue weighted by atomic mass is 32.2. The van der Waals surface area contributed by atoms with Crippen molar-refractivity contribution in [2.24, 2.45) is 5.14 Å². The molecule has 0 atom stereocenters. The average molecular weight is 239 g/mol. The molecule has 84 valence electrons. The molecule has 0 amide bonds. The summed E-state index contributed by atoms with van der Waals surface area (Å²) >= 11 is 0. The Hall–Kier alpha value is -1.86.